The lowest BCUT2D eigenvalue weighted by Gasteiger charge is -2.15. The minimum atomic E-state index is -0.416. The summed E-state index contributed by atoms with van der Waals surface area (Å²) in [4.78, 5) is 24.4. The Morgan fingerprint density at radius 2 is 1.44 bits per heavy atom. The number of rotatable bonds is 6. The zero-order valence-corrected chi connectivity index (χ0v) is 14.5. The number of carbonyl (C=O) groups is 2. The van der Waals surface area contributed by atoms with E-state index in [4.69, 9.17) is 14.2 Å². The van der Waals surface area contributed by atoms with Crippen LogP contribution in [0.4, 0.5) is 5.69 Å². The molecule has 0 saturated heterocycles. The second-order valence-electron chi connectivity index (χ2n) is 4.99. The lowest BCUT2D eigenvalue weighted by Crippen LogP contribution is -2.18. The maximum atomic E-state index is 12.7. The number of amides is 2. The van der Waals surface area contributed by atoms with Crippen molar-refractivity contribution in [2.45, 2.75) is 0 Å². The summed E-state index contributed by atoms with van der Waals surface area (Å²) < 4.78 is 15.8. The molecule has 0 bridgehead atoms. The first-order valence-electron chi connectivity index (χ1n) is 7.48. The Morgan fingerprint density at radius 1 is 0.840 bits per heavy atom. The van der Waals surface area contributed by atoms with Crippen LogP contribution < -0.4 is 24.8 Å². The summed E-state index contributed by atoms with van der Waals surface area (Å²) in [6.07, 6.45) is 0. The van der Waals surface area contributed by atoms with Gasteiger partial charge in [-0.15, -0.1) is 0 Å². The molecule has 0 unspecified atom stereocenters. The molecule has 0 spiro atoms. The SMILES string of the molecule is CNC(=O)c1ccc(NC(=O)c2c(OC)cccc2OC)c(OC)c1. The lowest BCUT2D eigenvalue weighted by molar-refractivity contribution is 0.0962. The van der Waals surface area contributed by atoms with Crippen LogP contribution in [0.25, 0.3) is 0 Å². The normalized spacial score (nSPS) is 9.92. The highest BCUT2D eigenvalue weighted by Gasteiger charge is 2.20. The van der Waals surface area contributed by atoms with Gasteiger partial charge in [-0.1, -0.05) is 6.07 Å². The molecule has 0 aliphatic rings. The van der Waals surface area contributed by atoms with Gasteiger partial charge in [0.1, 0.15) is 22.8 Å². The van der Waals surface area contributed by atoms with E-state index < -0.39 is 5.91 Å². The lowest BCUT2D eigenvalue weighted by atomic mass is 10.1. The van der Waals surface area contributed by atoms with Crippen LogP contribution in [0.1, 0.15) is 20.7 Å². The fourth-order valence-corrected chi connectivity index (χ4v) is 2.34. The molecule has 7 heteroatoms. The largest absolute Gasteiger partial charge is 0.496 e. The molecule has 2 rings (SSSR count). The van der Waals surface area contributed by atoms with Crippen molar-refractivity contribution in [3.63, 3.8) is 0 Å². The van der Waals surface area contributed by atoms with E-state index >= 15 is 0 Å². The highest BCUT2D eigenvalue weighted by molar-refractivity contribution is 6.09. The van der Waals surface area contributed by atoms with Crippen LogP contribution in [-0.4, -0.2) is 40.2 Å². The molecular formula is C18H20N2O5. The molecule has 2 aromatic rings. The van der Waals surface area contributed by atoms with Crippen LogP contribution in [0.5, 0.6) is 17.2 Å². The van der Waals surface area contributed by atoms with Crippen molar-refractivity contribution in [1.29, 1.82) is 0 Å². The van der Waals surface area contributed by atoms with E-state index in [0.29, 0.717) is 28.5 Å². The molecule has 0 atom stereocenters. The van der Waals surface area contributed by atoms with Crippen molar-refractivity contribution in [3.05, 3.63) is 47.5 Å². The van der Waals surface area contributed by atoms with Gasteiger partial charge in [0, 0.05) is 12.6 Å². The number of methoxy groups -OCH3 is 3. The van der Waals surface area contributed by atoms with Crippen molar-refractivity contribution in [2.24, 2.45) is 0 Å². The minimum Gasteiger partial charge on any atom is -0.496 e. The number of anilines is 1. The van der Waals surface area contributed by atoms with Crippen LogP contribution in [-0.2, 0) is 0 Å². The van der Waals surface area contributed by atoms with Gasteiger partial charge < -0.3 is 24.8 Å². The van der Waals surface area contributed by atoms with E-state index in [1.165, 1.54) is 21.3 Å². The van der Waals surface area contributed by atoms with Crippen LogP contribution in [0.2, 0.25) is 0 Å². The number of benzene rings is 2. The zero-order valence-electron chi connectivity index (χ0n) is 14.5. The molecule has 0 radical (unpaired) electrons. The molecule has 0 aromatic heterocycles. The van der Waals surface area contributed by atoms with Gasteiger partial charge in [0.25, 0.3) is 11.8 Å². The predicted octanol–water partition coefficient (Wildman–Crippen LogP) is 2.32. The van der Waals surface area contributed by atoms with Crippen LogP contribution >= 0.6 is 0 Å². The number of carbonyl (C=O) groups excluding carboxylic acids is 2. The van der Waals surface area contributed by atoms with Crippen LogP contribution in [0, 0.1) is 0 Å². The Balaban J connectivity index is 2.37. The molecule has 0 aliphatic heterocycles. The van der Waals surface area contributed by atoms with Gasteiger partial charge >= 0.3 is 0 Å². The van der Waals surface area contributed by atoms with Gasteiger partial charge in [0.2, 0.25) is 0 Å². The predicted molar refractivity (Wildman–Crippen MR) is 93.9 cm³/mol. The van der Waals surface area contributed by atoms with Gasteiger partial charge in [-0.05, 0) is 30.3 Å². The number of ether oxygens (including phenoxy) is 3. The van der Waals surface area contributed by atoms with Crippen LogP contribution in [0.3, 0.4) is 0 Å². The van der Waals surface area contributed by atoms with Gasteiger partial charge in [-0.25, -0.2) is 0 Å². The van der Waals surface area contributed by atoms with Crippen LogP contribution in [0.15, 0.2) is 36.4 Å². The molecule has 25 heavy (non-hydrogen) atoms. The van der Waals surface area contributed by atoms with E-state index in [-0.39, 0.29) is 11.5 Å². The van der Waals surface area contributed by atoms with Crippen molar-refractivity contribution in [2.75, 3.05) is 33.7 Å². The highest BCUT2D eigenvalue weighted by atomic mass is 16.5. The fourth-order valence-electron chi connectivity index (χ4n) is 2.34. The minimum absolute atomic E-state index is 0.248. The molecule has 0 heterocycles. The van der Waals surface area contributed by atoms with E-state index in [0.717, 1.165) is 0 Å². The van der Waals surface area contributed by atoms with Gasteiger partial charge in [-0.3, -0.25) is 9.59 Å². The first-order chi connectivity index (χ1) is 12.0. The standard InChI is InChI=1S/C18H20N2O5/c1-19-17(21)11-8-9-12(15(10-11)25-4)20-18(22)16-13(23-2)6-5-7-14(16)24-3/h5-10H,1-4H3,(H,19,21)(H,20,22). The van der Waals surface area contributed by atoms with Gasteiger partial charge in [-0.2, -0.15) is 0 Å². The van der Waals surface area contributed by atoms with Gasteiger partial charge in [0.15, 0.2) is 0 Å². The summed E-state index contributed by atoms with van der Waals surface area (Å²) in [5, 5.41) is 5.29. The second kappa shape index (κ2) is 8.05. The topological polar surface area (TPSA) is 85.9 Å². The summed E-state index contributed by atoms with van der Waals surface area (Å²) >= 11 is 0. The van der Waals surface area contributed by atoms with E-state index in [1.54, 1.807) is 43.4 Å². The van der Waals surface area contributed by atoms with Crippen molar-refractivity contribution in [1.82, 2.24) is 5.32 Å². The maximum absolute atomic E-state index is 12.7. The molecule has 0 saturated carbocycles. The van der Waals surface area contributed by atoms with Crippen molar-refractivity contribution >= 4 is 17.5 Å². The third-order valence-corrected chi connectivity index (χ3v) is 3.59. The quantitative estimate of drug-likeness (QED) is 0.840. The van der Waals surface area contributed by atoms with Crippen molar-refractivity contribution in [3.8, 4) is 17.2 Å². The smallest absolute Gasteiger partial charge is 0.263 e. The number of nitrogens with one attached hydrogen (secondary N) is 2. The Bertz CT molecular complexity index is 767. The molecule has 0 aliphatic carbocycles. The average molecular weight is 344 g/mol. The Kier molecular flexibility index (Phi) is 5.84. The fraction of sp³-hybridized carbons (Fsp3) is 0.222. The summed E-state index contributed by atoms with van der Waals surface area (Å²) in [7, 11) is 5.95. The monoisotopic (exact) mass is 344 g/mol. The zero-order chi connectivity index (χ0) is 18.4. The summed E-state index contributed by atoms with van der Waals surface area (Å²) in [6, 6.07) is 9.81. The molecule has 2 N–H and O–H groups in total. The first kappa shape index (κ1) is 18.1. The third-order valence-electron chi connectivity index (χ3n) is 3.59. The summed E-state index contributed by atoms with van der Waals surface area (Å²) in [5.41, 5.74) is 1.12. The third kappa shape index (κ3) is 3.82. The van der Waals surface area contributed by atoms with E-state index in [9.17, 15) is 9.59 Å². The molecule has 2 aromatic carbocycles. The molecule has 132 valence electrons. The summed E-state index contributed by atoms with van der Waals surface area (Å²) in [6.45, 7) is 0. The van der Waals surface area contributed by atoms with Gasteiger partial charge in [0.05, 0.1) is 27.0 Å². The Hall–Kier alpha value is -3.22. The summed E-state index contributed by atoms with van der Waals surface area (Å²) in [5.74, 6) is 0.474. The highest BCUT2D eigenvalue weighted by Crippen LogP contribution is 2.31. The Morgan fingerprint density at radius 3 is 1.96 bits per heavy atom. The Labute approximate surface area is 145 Å². The molecular weight excluding hydrogens is 324 g/mol. The average Bonchev–Trinajstić information content (AvgIpc) is 2.66. The first-order valence-corrected chi connectivity index (χ1v) is 7.48. The maximum Gasteiger partial charge on any atom is 0.263 e. The molecule has 0 fully saturated rings. The number of hydrogen-bond donors (Lipinski definition) is 2. The van der Waals surface area contributed by atoms with E-state index in [1.807, 2.05) is 0 Å². The molecule has 7 nitrogen and oxygen atoms in total. The number of hydrogen-bond acceptors (Lipinski definition) is 5. The molecule has 2 amide bonds. The van der Waals surface area contributed by atoms with Crippen molar-refractivity contribution < 1.29 is 23.8 Å². The van der Waals surface area contributed by atoms with E-state index in [2.05, 4.69) is 10.6 Å². The second-order valence-corrected chi connectivity index (χ2v) is 4.99.